The highest BCUT2D eigenvalue weighted by Gasteiger charge is 2.38. The summed E-state index contributed by atoms with van der Waals surface area (Å²) in [6.07, 6.45) is 7.17. The minimum atomic E-state index is -0.369. The highest BCUT2D eigenvalue weighted by molar-refractivity contribution is 8.16. The first kappa shape index (κ1) is 25.6. The van der Waals surface area contributed by atoms with E-state index in [1.807, 2.05) is 85.8 Å². The molecule has 7 heteroatoms. The number of nitrogens with zero attached hydrogens (tertiary/aromatic N) is 2. The Bertz CT molecular complexity index is 1520. The maximum atomic E-state index is 13.9. The van der Waals surface area contributed by atoms with Gasteiger partial charge in [-0.1, -0.05) is 95.1 Å². The quantitative estimate of drug-likeness (QED) is 0.280. The fourth-order valence-electron chi connectivity index (χ4n) is 4.24. The molecule has 3 aromatic carbocycles. The van der Waals surface area contributed by atoms with E-state index in [0.717, 1.165) is 27.6 Å². The van der Waals surface area contributed by atoms with Gasteiger partial charge in [-0.3, -0.25) is 4.79 Å². The third-order valence-electron chi connectivity index (χ3n) is 5.95. The van der Waals surface area contributed by atoms with E-state index in [9.17, 15) is 4.79 Å². The number of aliphatic imine (C=N–C) groups is 1. The number of thioether (sulfide) groups is 1. The maximum Gasteiger partial charge on any atom is 0.186 e. The fourth-order valence-corrected chi connectivity index (χ4v) is 5.66. The second-order valence-electron chi connectivity index (χ2n) is 8.54. The fraction of sp³-hybridized carbons (Fsp3) is 0.0667. The van der Waals surface area contributed by atoms with Crippen molar-refractivity contribution in [1.82, 2.24) is 4.90 Å². The molecular formula is C30H21Cl3N2OS. The molecule has 0 spiro atoms. The zero-order chi connectivity index (χ0) is 25.9. The van der Waals surface area contributed by atoms with Gasteiger partial charge in [-0.05, 0) is 77.6 Å². The molecule has 1 unspecified atom stereocenters. The molecule has 37 heavy (non-hydrogen) atoms. The van der Waals surface area contributed by atoms with Crippen LogP contribution in [0.5, 0.6) is 0 Å². The summed E-state index contributed by atoms with van der Waals surface area (Å²) >= 11 is 20.1. The van der Waals surface area contributed by atoms with Gasteiger partial charge >= 0.3 is 0 Å². The van der Waals surface area contributed by atoms with Gasteiger partial charge in [-0.25, -0.2) is 4.99 Å². The van der Waals surface area contributed by atoms with E-state index >= 15 is 0 Å². The van der Waals surface area contributed by atoms with Crippen molar-refractivity contribution in [3.8, 4) is 0 Å². The molecule has 2 heterocycles. The Labute approximate surface area is 235 Å². The summed E-state index contributed by atoms with van der Waals surface area (Å²) in [6, 6.07) is 22.2. The summed E-state index contributed by atoms with van der Waals surface area (Å²) in [5, 5.41) is 4.76. The van der Waals surface area contributed by atoms with Crippen LogP contribution in [0.4, 0.5) is 0 Å². The number of amidine groups is 1. The number of hydrogen-bond donors (Lipinski definition) is 0. The first-order valence-corrected chi connectivity index (χ1v) is 13.5. The third-order valence-corrected chi connectivity index (χ3v) is 7.63. The zero-order valence-electron chi connectivity index (χ0n) is 19.7. The minimum absolute atomic E-state index is 0.141. The smallest absolute Gasteiger partial charge is 0.186 e. The number of halogens is 3. The summed E-state index contributed by atoms with van der Waals surface area (Å²) in [5.74, 6) is -0.141. The molecular weight excluding hydrogens is 543 g/mol. The SMILES string of the molecule is CC1=CSC2=NC(/C=C/c3cccc(Cl)c3)=C(C(=O)/C=C/c3cccc(Cl)c3)C(c3ccc(Cl)cc3)N12. The van der Waals surface area contributed by atoms with Crippen LogP contribution in [-0.2, 0) is 4.79 Å². The Morgan fingerprint density at radius 2 is 1.51 bits per heavy atom. The largest absolute Gasteiger partial charge is 0.312 e. The predicted molar refractivity (Wildman–Crippen MR) is 158 cm³/mol. The third kappa shape index (κ3) is 5.78. The van der Waals surface area contributed by atoms with Crippen molar-refractivity contribution < 1.29 is 4.79 Å². The van der Waals surface area contributed by atoms with Gasteiger partial charge in [0.25, 0.3) is 0 Å². The first-order valence-electron chi connectivity index (χ1n) is 11.5. The normalized spacial score (nSPS) is 17.4. The van der Waals surface area contributed by atoms with Crippen molar-refractivity contribution in [2.24, 2.45) is 4.99 Å². The number of carbonyl (C=O) groups excluding carboxylic acids is 1. The lowest BCUT2D eigenvalue weighted by atomic mass is 9.90. The van der Waals surface area contributed by atoms with Crippen molar-refractivity contribution in [3.63, 3.8) is 0 Å². The lowest BCUT2D eigenvalue weighted by molar-refractivity contribution is -0.111. The molecule has 5 rings (SSSR count). The average molecular weight is 564 g/mol. The summed E-state index contributed by atoms with van der Waals surface area (Å²) in [4.78, 5) is 20.9. The van der Waals surface area contributed by atoms with Crippen LogP contribution in [0.25, 0.3) is 12.2 Å². The molecule has 2 aliphatic heterocycles. The van der Waals surface area contributed by atoms with Crippen LogP contribution in [0, 0.1) is 0 Å². The topological polar surface area (TPSA) is 32.7 Å². The predicted octanol–water partition coefficient (Wildman–Crippen LogP) is 9.22. The van der Waals surface area contributed by atoms with E-state index in [-0.39, 0.29) is 11.8 Å². The number of benzene rings is 3. The summed E-state index contributed by atoms with van der Waals surface area (Å²) in [5.41, 5.74) is 4.89. The van der Waals surface area contributed by atoms with Crippen molar-refractivity contribution >= 4 is 69.7 Å². The molecule has 0 radical (unpaired) electrons. The number of allylic oxidation sites excluding steroid dienone is 3. The van der Waals surface area contributed by atoms with Gasteiger partial charge in [0.2, 0.25) is 0 Å². The van der Waals surface area contributed by atoms with E-state index in [2.05, 4.69) is 10.3 Å². The van der Waals surface area contributed by atoms with Crippen LogP contribution in [0.1, 0.15) is 29.7 Å². The molecule has 0 aliphatic carbocycles. The van der Waals surface area contributed by atoms with Gasteiger partial charge in [0.15, 0.2) is 11.0 Å². The Balaban J connectivity index is 1.64. The lowest BCUT2D eigenvalue weighted by Gasteiger charge is -2.35. The van der Waals surface area contributed by atoms with Crippen molar-refractivity contribution in [2.75, 3.05) is 0 Å². The molecule has 0 N–H and O–H groups in total. The summed E-state index contributed by atoms with van der Waals surface area (Å²) in [7, 11) is 0. The van der Waals surface area contributed by atoms with Gasteiger partial charge in [-0.15, -0.1) is 0 Å². The molecule has 0 saturated carbocycles. The summed E-state index contributed by atoms with van der Waals surface area (Å²) < 4.78 is 0. The Kier molecular flexibility index (Phi) is 7.73. The Morgan fingerprint density at radius 1 is 0.865 bits per heavy atom. The van der Waals surface area contributed by atoms with Crippen LogP contribution in [0.2, 0.25) is 15.1 Å². The van der Waals surface area contributed by atoms with Crippen molar-refractivity contribution in [3.05, 3.63) is 139 Å². The van der Waals surface area contributed by atoms with Gasteiger partial charge in [0, 0.05) is 20.8 Å². The summed E-state index contributed by atoms with van der Waals surface area (Å²) in [6.45, 7) is 2.02. The molecule has 0 fully saturated rings. The van der Waals surface area contributed by atoms with Crippen LogP contribution in [0.15, 0.2) is 112 Å². The number of fused-ring (bicyclic) bond motifs is 1. The standard InChI is InChI=1S/C30H21Cl3N2OS/c1-19-18-37-30-34-26(14-8-20-4-2-6-24(32)16-20)28(27(36)15-9-21-5-3-7-25(33)17-21)29(35(19)30)22-10-12-23(31)13-11-22/h2-18,29H,1H3/b14-8+,15-9+. The molecule has 3 aromatic rings. The van der Waals surface area contributed by atoms with Crippen LogP contribution < -0.4 is 0 Å². The second kappa shape index (κ2) is 11.2. The molecule has 0 amide bonds. The Morgan fingerprint density at radius 3 is 2.16 bits per heavy atom. The van der Waals surface area contributed by atoms with E-state index in [1.54, 1.807) is 30.0 Å². The highest BCUT2D eigenvalue weighted by atomic mass is 35.5. The molecule has 184 valence electrons. The van der Waals surface area contributed by atoms with Crippen molar-refractivity contribution in [1.29, 1.82) is 0 Å². The van der Waals surface area contributed by atoms with Gasteiger partial charge in [0.1, 0.15) is 0 Å². The van der Waals surface area contributed by atoms with Crippen LogP contribution in [0.3, 0.4) is 0 Å². The van der Waals surface area contributed by atoms with Crippen LogP contribution in [-0.4, -0.2) is 15.9 Å². The number of hydrogen-bond acceptors (Lipinski definition) is 4. The first-order chi connectivity index (χ1) is 17.9. The molecule has 3 nitrogen and oxygen atoms in total. The number of rotatable bonds is 6. The Hall–Kier alpha value is -3.02. The molecule has 0 bridgehead atoms. The molecule has 1 atom stereocenters. The van der Waals surface area contributed by atoms with Gasteiger partial charge in [-0.2, -0.15) is 0 Å². The second-order valence-corrected chi connectivity index (χ2v) is 10.7. The van der Waals surface area contributed by atoms with Crippen LogP contribution >= 0.6 is 46.6 Å². The molecule has 0 aromatic heterocycles. The number of carbonyl (C=O) groups is 1. The lowest BCUT2D eigenvalue weighted by Crippen LogP contribution is -2.35. The van der Waals surface area contributed by atoms with E-state index < -0.39 is 0 Å². The highest BCUT2D eigenvalue weighted by Crippen LogP contribution is 2.44. The van der Waals surface area contributed by atoms with E-state index in [0.29, 0.717) is 26.3 Å². The molecule has 2 aliphatic rings. The van der Waals surface area contributed by atoms with E-state index in [1.165, 1.54) is 0 Å². The van der Waals surface area contributed by atoms with E-state index in [4.69, 9.17) is 39.8 Å². The average Bonchev–Trinajstić information content (AvgIpc) is 3.26. The molecule has 0 saturated heterocycles. The monoisotopic (exact) mass is 562 g/mol. The maximum absolute atomic E-state index is 13.9. The van der Waals surface area contributed by atoms with Gasteiger partial charge < -0.3 is 4.90 Å². The number of ketones is 1. The van der Waals surface area contributed by atoms with Crippen molar-refractivity contribution in [2.45, 2.75) is 13.0 Å². The zero-order valence-corrected chi connectivity index (χ0v) is 22.8. The van der Waals surface area contributed by atoms with Gasteiger partial charge in [0.05, 0.1) is 17.3 Å². The minimum Gasteiger partial charge on any atom is -0.312 e.